The zero-order chi connectivity index (χ0) is 26.4. The van der Waals surface area contributed by atoms with E-state index in [2.05, 4.69) is 10.0 Å². The van der Waals surface area contributed by atoms with Crippen molar-refractivity contribution in [2.24, 2.45) is 0 Å². The summed E-state index contributed by atoms with van der Waals surface area (Å²) in [5.41, 5.74) is 1.72. The quantitative estimate of drug-likeness (QED) is 0.446. The van der Waals surface area contributed by atoms with Gasteiger partial charge in [0.1, 0.15) is 16.4 Å². The second-order valence-electron chi connectivity index (χ2n) is 8.38. The Morgan fingerprint density at radius 1 is 1.05 bits per heavy atom. The van der Waals surface area contributed by atoms with E-state index in [9.17, 15) is 18.0 Å². The minimum atomic E-state index is -3.89. The summed E-state index contributed by atoms with van der Waals surface area (Å²) in [6.07, 6.45) is -0.272. The molecule has 194 valence electrons. The van der Waals surface area contributed by atoms with E-state index in [1.165, 1.54) is 30.2 Å². The molecule has 0 fully saturated rings. The molecule has 9 nitrogen and oxygen atoms in total. The van der Waals surface area contributed by atoms with Crippen molar-refractivity contribution in [1.29, 1.82) is 0 Å². The van der Waals surface area contributed by atoms with Gasteiger partial charge in [0.2, 0.25) is 10.0 Å². The Morgan fingerprint density at radius 2 is 1.78 bits per heavy atom. The van der Waals surface area contributed by atoms with Gasteiger partial charge in [-0.1, -0.05) is 49.4 Å². The SMILES string of the molecule is CCNS(=O)(=O)c1cc(C(=O)N2CC(C(=O)NCCc3ccccc3)Oc3ccccc32)ccc1OC. The number of para-hydroxylation sites is 2. The van der Waals surface area contributed by atoms with Crippen LogP contribution in [0.25, 0.3) is 0 Å². The average molecular weight is 524 g/mol. The summed E-state index contributed by atoms with van der Waals surface area (Å²) >= 11 is 0. The Labute approximate surface area is 216 Å². The highest BCUT2D eigenvalue weighted by molar-refractivity contribution is 7.89. The number of nitrogens with zero attached hydrogens (tertiary/aromatic N) is 1. The van der Waals surface area contributed by atoms with Crippen LogP contribution in [0.2, 0.25) is 0 Å². The first-order valence-corrected chi connectivity index (χ1v) is 13.4. The van der Waals surface area contributed by atoms with Gasteiger partial charge in [0.05, 0.1) is 19.3 Å². The maximum absolute atomic E-state index is 13.6. The number of methoxy groups -OCH3 is 1. The number of nitrogens with one attached hydrogen (secondary N) is 2. The molecule has 2 N–H and O–H groups in total. The van der Waals surface area contributed by atoms with E-state index < -0.39 is 22.0 Å². The molecule has 0 radical (unpaired) electrons. The van der Waals surface area contributed by atoms with Gasteiger partial charge in [0.15, 0.2) is 6.10 Å². The maximum Gasteiger partial charge on any atom is 0.262 e. The summed E-state index contributed by atoms with van der Waals surface area (Å²) in [5.74, 6) is -0.295. The van der Waals surface area contributed by atoms with E-state index in [1.807, 2.05) is 30.3 Å². The molecule has 1 heterocycles. The molecule has 3 aromatic rings. The van der Waals surface area contributed by atoms with Gasteiger partial charge in [0.25, 0.3) is 11.8 Å². The fraction of sp³-hybridized carbons (Fsp3) is 0.259. The molecule has 4 rings (SSSR count). The van der Waals surface area contributed by atoms with Crippen LogP contribution >= 0.6 is 0 Å². The summed E-state index contributed by atoms with van der Waals surface area (Å²) in [5, 5.41) is 2.88. The van der Waals surface area contributed by atoms with Crippen LogP contribution < -0.4 is 24.4 Å². The van der Waals surface area contributed by atoms with Crippen molar-refractivity contribution >= 4 is 27.5 Å². The number of amides is 2. The van der Waals surface area contributed by atoms with Crippen LogP contribution in [0.15, 0.2) is 77.7 Å². The first-order chi connectivity index (χ1) is 17.8. The minimum absolute atomic E-state index is 0.0334. The molecule has 0 saturated carbocycles. The van der Waals surface area contributed by atoms with Crippen molar-refractivity contribution in [2.75, 3.05) is 31.6 Å². The molecular formula is C27H29N3O6S. The lowest BCUT2D eigenvalue weighted by Crippen LogP contribution is -2.51. The normalized spacial score (nSPS) is 14.9. The molecule has 3 aromatic carbocycles. The Kier molecular flexibility index (Phi) is 8.10. The molecule has 1 atom stereocenters. The zero-order valence-corrected chi connectivity index (χ0v) is 21.5. The first-order valence-electron chi connectivity index (χ1n) is 11.9. The molecule has 0 saturated heterocycles. The molecule has 2 amide bonds. The van der Waals surface area contributed by atoms with Gasteiger partial charge >= 0.3 is 0 Å². The molecule has 0 aliphatic carbocycles. The summed E-state index contributed by atoms with van der Waals surface area (Å²) in [6.45, 7) is 2.23. The highest BCUT2D eigenvalue weighted by Gasteiger charge is 2.34. The van der Waals surface area contributed by atoms with Crippen molar-refractivity contribution in [3.8, 4) is 11.5 Å². The number of anilines is 1. The topological polar surface area (TPSA) is 114 Å². The van der Waals surface area contributed by atoms with Crippen LogP contribution in [0.4, 0.5) is 5.69 Å². The minimum Gasteiger partial charge on any atom is -0.495 e. The van der Waals surface area contributed by atoms with Crippen LogP contribution in [0, 0.1) is 0 Å². The molecule has 1 aliphatic rings. The molecule has 37 heavy (non-hydrogen) atoms. The van der Waals surface area contributed by atoms with Crippen molar-refractivity contribution in [1.82, 2.24) is 10.0 Å². The number of ether oxygens (including phenoxy) is 2. The van der Waals surface area contributed by atoms with Gasteiger partial charge in [0, 0.05) is 18.7 Å². The summed E-state index contributed by atoms with van der Waals surface area (Å²) in [6, 6.07) is 20.9. The lowest BCUT2D eigenvalue weighted by Gasteiger charge is -2.34. The van der Waals surface area contributed by atoms with Gasteiger partial charge in [-0.2, -0.15) is 0 Å². The van der Waals surface area contributed by atoms with Crippen LogP contribution in [0.3, 0.4) is 0 Å². The number of fused-ring (bicyclic) bond motifs is 1. The Balaban J connectivity index is 1.57. The van der Waals surface area contributed by atoms with E-state index in [0.717, 1.165) is 5.56 Å². The maximum atomic E-state index is 13.6. The van der Waals surface area contributed by atoms with E-state index in [4.69, 9.17) is 9.47 Å². The number of benzene rings is 3. The fourth-order valence-electron chi connectivity index (χ4n) is 4.10. The molecule has 1 unspecified atom stereocenters. The lowest BCUT2D eigenvalue weighted by molar-refractivity contribution is -0.127. The van der Waals surface area contributed by atoms with E-state index in [1.54, 1.807) is 31.2 Å². The van der Waals surface area contributed by atoms with E-state index >= 15 is 0 Å². The average Bonchev–Trinajstić information content (AvgIpc) is 2.92. The highest BCUT2D eigenvalue weighted by atomic mass is 32.2. The molecule has 0 bridgehead atoms. The number of carbonyl (C=O) groups is 2. The Hall–Kier alpha value is -3.89. The summed E-state index contributed by atoms with van der Waals surface area (Å²) in [4.78, 5) is 27.9. The predicted molar refractivity (Wildman–Crippen MR) is 140 cm³/mol. The third kappa shape index (κ3) is 5.92. The van der Waals surface area contributed by atoms with Gasteiger partial charge in [-0.25, -0.2) is 13.1 Å². The monoisotopic (exact) mass is 523 g/mol. The lowest BCUT2D eigenvalue weighted by atomic mass is 10.1. The third-order valence-electron chi connectivity index (χ3n) is 5.90. The van der Waals surface area contributed by atoms with Gasteiger partial charge < -0.3 is 19.7 Å². The number of carbonyl (C=O) groups excluding carboxylic acids is 2. The zero-order valence-electron chi connectivity index (χ0n) is 20.6. The Morgan fingerprint density at radius 3 is 2.51 bits per heavy atom. The number of rotatable bonds is 9. The van der Waals surface area contributed by atoms with Crippen LogP contribution in [-0.4, -0.2) is 53.1 Å². The van der Waals surface area contributed by atoms with Gasteiger partial charge in [-0.05, 0) is 42.3 Å². The van der Waals surface area contributed by atoms with Crippen molar-refractivity contribution in [3.05, 3.63) is 83.9 Å². The molecule has 1 aliphatic heterocycles. The van der Waals surface area contributed by atoms with Crippen LogP contribution in [0.1, 0.15) is 22.8 Å². The number of sulfonamides is 1. The van der Waals surface area contributed by atoms with Gasteiger partial charge in [-0.3, -0.25) is 9.59 Å². The number of hydrogen-bond acceptors (Lipinski definition) is 6. The van der Waals surface area contributed by atoms with Crippen molar-refractivity contribution in [2.45, 2.75) is 24.3 Å². The van der Waals surface area contributed by atoms with Crippen LogP contribution in [-0.2, 0) is 21.2 Å². The summed E-state index contributed by atoms with van der Waals surface area (Å²) < 4.78 is 39.0. The molecule has 10 heteroatoms. The van der Waals surface area contributed by atoms with Crippen LogP contribution in [0.5, 0.6) is 11.5 Å². The number of hydrogen-bond donors (Lipinski definition) is 2. The van der Waals surface area contributed by atoms with Crippen molar-refractivity contribution in [3.63, 3.8) is 0 Å². The fourth-order valence-corrected chi connectivity index (χ4v) is 5.33. The molecule has 0 spiro atoms. The highest BCUT2D eigenvalue weighted by Crippen LogP contribution is 2.35. The van der Waals surface area contributed by atoms with Crippen molar-refractivity contribution < 1.29 is 27.5 Å². The Bertz CT molecular complexity index is 1380. The second kappa shape index (κ2) is 11.4. The first kappa shape index (κ1) is 26.2. The summed E-state index contributed by atoms with van der Waals surface area (Å²) in [7, 11) is -2.53. The predicted octanol–water partition coefficient (Wildman–Crippen LogP) is 2.76. The molecule has 0 aromatic heterocycles. The standard InChI is InChI=1S/C27H29N3O6S/c1-3-29-37(33,34)25-17-20(13-14-23(25)35-2)27(32)30-18-24(36-22-12-8-7-11-21(22)30)26(31)28-16-15-19-9-5-4-6-10-19/h4-14,17,24,29H,3,15-16,18H2,1-2H3,(H,28,31). The van der Waals surface area contributed by atoms with Gasteiger partial charge in [-0.15, -0.1) is 0 Å². The molecular weight excluding hydrogens is 494 g/mol. The largest absolute Gasteiger partial charge is 0.495 e. The van der Waals surface area contributed by atoms with E-state index in [0.29, 0.717) is 24.4 Å². The second-order valence-corrected chi connectivity index (χ2v) is 10.1. The van der Waals surface area contributed by atoms with E-state index in [-0.39, 0.29) is 35.2 Å². The third-order valence-corrected chi connectivity index (χ3v) is 7.47. The smallest absolute Gasteiger partial charge is 0.262 e.